The fourth-order valence-corrected chi connectivity index (χ4v) is 4.23. The average Bonchev–Trinajstić information content (AvgIpc) is 2.90. The molecule has 1 heterocycles. The Morgan fingerprint density at radius 2 is 1.41 bits per heavy atom. The molecule has 29 heavy (non-hydrogen) atoms. The first-order valence-electron chi connectivity index (χ1n) is 10.2. The van der Waals surface area contributed by atoms with Crippen LogP contribution >= 0.6 is 0 Å². The zero-order valence-electron chi connectivity index (χ0n) is 20.2. The smallest absolute Gasteiger partial charge is 0.128 e. The summed E-state index contributed by atoms with van der Waals surface area (Å²) in [5, 5.41) is 0. The number of fused-ring (bicyclic) bond motifs is 1. The fraction of sp³-hybridized carbons (Fsp3) is 0.520. The summed E-state index contributed by atoms with van der Waals surface area (Å²) < 4.78 is 11.3. The van der Waals surface area contributed by atoms with Crippen LogP contribution in [0.4, 0.5) is 11.4 Å². The van der Waals surface area contributed by atoms with Crippen molar-refractivity contribution in [3.8, 4) is 11.5 Å². The summed E-state index contributed by atoms with van der Waals surface area (Å²) in [6, 6.07) is 6.44. The number of hydrogen-bond acceptors (Lipinski definition) is 4. The minimum Gasteiger partial charge on any atom is -0.496 e. The van der Waals surface area contributed by atoms with Crippen LogP contribution in [0.3, 0.4) is 0 Å². The van der Waals surface area contributed by atoms with Crippen LogP contribution in [0, 0.1) is 27.7 Å². The molecule has 0 N–H and O–H groups in total. The number of rotatable bonds is 3. The van der Waals surface area contributed by atoms with E-state index in [1.165, 1.54) is 39.2 Å². The normalized spacial score (nSPS) is 13.8. The van der Waals surface area contributed by atoms with Crippen LogP contribution in [0.15, 0.2) is 18.2 Å². The summed E-state index contributed by atoms with van der Waals surface area (Å²) in [6.07, 6.45) is 0.998. The summed E-state index contributed by atoms with van der Waals surface area (Å²) in [7, 11) is 9.98. The molecule has 0 spiro atoms. The molecule has 2 aromatic carbocycles. The molecule has 0 saturated heterocycles. The van der Waals surface area contributed by atoms with Crippen LogP contribution in [0.1, 0.15) is 41.7 Å². The van der Waals surface area contributed by atoms with Gasteiger partial charge < -0.3 is 19.3 Å². The molecule has 4 nitrogen and oxygen atoms in total. The van der Waals surface area contributed by atoms with E-state index in [4.69, 9.17) is 9.47 Å². The lowest BCUT2D eigenvalue weighted by Gasteiger charge is -2.20. The maximum atomic E-state index is 6.04. The lowest BCUT2D eigenvalue weighted by molar-refractivity contribution is 0.137. The lowest BCUT2D eigenvalue weighted by atomic mass is 9.96. The Bertz CT molecular complexity index is 883. The zero-order chi connectivity index (χ0) is 22.1. The Morgan fingerprint density at radius 1 is 0.828 bits per heavy atom. The maximum Gasteiger partial charge on any atom is 0.128 e. The molecule has 0 aliphatic carbocycles. The van der Waals surface area contributed by atoms with Crippen molar-refractivity contribution < 1.29 is 9.47 Å². The van der Waals surface area contributed by atoms with Gasteiger partial charge >= 0.3 is 0 Å². The molecule has 3 rings (SSSR count). The molecule has 160 valence electrons. The SMILES string of the molecule is COc1cc(N(C)C)c(C)cc1C.Cc1cc(C)c(N(C)C)c2c1OC(C)(C)C2. The van der Waals surface area contributed by atoms with Gasteiger partial charge in [-0.15, -0.1) is 0 Å². The molecule has 2 aromatic rings. The Labute approximate surface area is 177 Å². The Morgan fingerprint density at radius 3 is 1.93 bits per heavy atom. The minimum atomic E-state index is -0.0638. The highest BCUT2D eigenvalue weighted by Gasteiger charge is 2.34. The third-order valence-electron chi connectivity index (χ3n) is 5.35. The van der Waals surface area contributed by atoms with E-state index < -0.39 is 0 Å². The lowest BCUT2D eigenvalue weighted by Crippen LogP contribution is -2.25. The van der Waals surface area contributed by atoms with E-state index in [0.29, 0.717) is 0 Å². The first kappa shape index (κ1) is 22.9. The third-order valence-corrected chi connectivity index (χ3v) is 5.35. The van der Waals surface area contributed by atoms with Gasteiger partial charge in [0.15, 0.2) is 0 Å². The minimum absolute atomic E-state index is 0.0638. The van der Waals surface area contributed by atoms with Crippen molar-refractivity contribution in [3.05, 3.63) is 46.0 Å². The molecule has 0 aromatic heterocycles. The van der Waals surface area contributed by atoms with Gasteiger partial charge in [0, 0.05) is 57.6 Å². The molecule has 4 heteroatoms. The van der Waals surface area contributed by atoms with E-state index in [1.54, 1.807) is 7.11 Å². The number of nitrogens with zero attached hydrogens (tertiary/aromatic N) is 2. The predicted octanol–water partition coefficient (Wildman–Crippen LogP) is 5.46. The van der Waals surface area contributed by atoms with Crippen LogP contribution < -0.4 is 19.3 Å². The Balaban J connectivity index is 0.000000212. The van der Waals surface area contributed by atoms with E-state index in [1.807, 2.05) is 14.1 Å². The standard InChI is InChI=1S/C14H21NO.C11H17NO/c1-9-7-10(2)13-11(12(9)15(5)6)8-14(3,4)16-13;1-8-6-9(2)11(13-5)7-10(8)12(3)4/h7H,8H2,1-6H3;6-7H,1-5H3. The highest BCUT2D eigenvalue weighted by atomic mass is 16.5. The number of aryl methyl sites for hydroxylation is 4. The van der Waals surface area contributed by atoms with Gasteiger partial charge in [0.05, 0.1) is 7.11 Å². The van der Waals surface area contributed by atoms with E-state index in [0.717, 1.165) is 17.9 Å². The van der Waals surface area contributed by atoms with Crippen molar-refractivity contribution in [1.82, 2.24) is 0 Å². The number of hydrogen-bond donors (Lipinski definition) is 0. The molecular weight excluding hydrogens is 360 g/mol. The quantitative estimate of drug-likeness (QED) is 0.685. The van der Waals surface area contributed by atoms with Gasteiger partial charge in [0.2, 0.25) is 0 Å². The summed E-state index contributed by atoms with van der Waals surface area (Å²) in [5.41, 5.74) is 8.90. The van der Waals surface area contributed by atoms with Crippen LogP contribution in [0.25, 0.3) is 0 Å². The van der Waals surface area contributed by atoms with Crippen molar-refractivity contribution in [3.63, 3.8) is 0 Å². The van der Waals surface area contributed by atoms with Crippen molar-refractivity contribution >= 4 is 11.4 Å². The van der Waals surface area contributed by atoms with Gasteiger partial charge in [-0.3, -0.25) is 0 Å². The van der Waals surface area contributed by atoms with Gasteiger partial charge in [-0.2, -0.15) is 0 Å². The average molecular weight is 399 g/mol. The summed E-state index contributed by atoms with van der Waals surface area (Å²) >= 11 is 0. The monoisotopic (exact) mass is 398 g/mol. The molecular formula is C25H38N2O2. The van der Waals surface area contributed by atoms with E-state index >= 15 is 0 Å². The van der Waals surface area contributed by atoms with Crippen molar-refractivity contribution in [2.45, 2.75) is 53.6 Å². The van der Waals surface area contributed by atoms with Crippen LogP contribution in [-0.4, -0.2) is 40.9 Å². The fourth-order valence-electron chi connectivity index (χ4n) is 4.23. The highest BCUT2D eigenvalue weighted by Crippen LogP contribution is 2.44. The van der Waals surface area contributed by atoms with Gasteiger partial charge in [-0.05, 0) is 63.8 Å². The van der Waals surface area contributed by atoms with Crippen molar-refractivity contribution in [2.75, 3.05) is 45.1 Å². The van der Waals surface area contributed by atoms with Crippen molar-refractivity contribution in [1.29, 1.82) is 0 Å². The maximum absolute atomic E-state index is 6.04. The molecule has 0 saturated carbocycles. The van der Waals surface area contributed by atoms with Gasteiger partial charge in [0.1, 0.15) is 17.1 Å². The molecule has 0 unspecified atom stereocenters. The van der Waals surface area contributed by atoms with Gasteiger partial charge in [-0.25, -0.2) is 0 Å². The number of ether oxygens (including phenoxy) is 2. The molecule has 0 radical (unpaired) electrons. The zero-order valence-corrected chi connectivity index (χ0v) is 20.2. The van der Waals surface area contributed by atoms with Gasteiger partial charge in [-0.1, -0.05) is 12.1 Å². The van der Waals surface area contributed by atoms with Crippen molar-refractivity contribution in [2.24, 2.45) is 0 Å². The first-order chi connectivity index (χ1) is 13.4. The van der Waals surface area contributed by atoms with Crippen LogP contribution in [-0.2, 0) is 6.42 Å². The second-order valence-electron chi connectivity index (χ2n) is 9.10. The first-order valence-corrected chi connectivity index (χ1v) is 10.2. The van der Waals surface area contributed by atoms with Crippen LogP contribution in [0.2, 0.25) is 0 Å². The number of methoxy groups -OCH3 is 1. The Kier molecular flexibility index (Phi) is 6.77. The Hall–Kier alpha value is -2.36. The van der Waals surface area contributed by atoms with E-state index in [-0.39, 0.29) is 5.60 Å². The van der Waals surface area contributed by atoms with E-state index in [9.17, 15) is 0 Å². The topological polar surface area (TPSA) is 24.9 Å². The molecule has 1 aliphatic rings. The van der Waals surface area contributed by atoms with Gasteiger partial charge in [0.25, 0.3) is 0 Å². The number of anilines is 2. The largest absolute Gasteiger partial charge is 0.496 e. The molecule has 0 atom stereocenters. The van der Waals surface area contributed by atoms with Crippen LogP contribution in [0.5, 0.6) is 11.5 Å². The summed E-state index contributed by atoms with van der Waals surface area (Å²) in [4.78, 5) is 4.29. The molecule has 0 fully saturated rings. The molecule has 0 bridgehead atoms. The highest BCUT2D eigenvalue weighted by molar-refractivity contribution is 5.67. The van der Waals surface area contributed by atoms with E-state index in [2.05, 4.69) is 83.6 Å². The third kappa shape index (κ3) is 4.98. The molecule has 1 aliphatic heterocycles. The summed E-state index contributed by atoms with van der Waals surface area (Å²) in [5.74, 6) is 2.05. The summed E-state index contributed by atoms with van der Waals surface area (Å²) in [6.45, 7) is 12.8. The predicted molar refractivity (Wildman–Crippen MR) is 125 cm³/mol. The molecule has 0 amide bonds. The number of benzene rings is 2. The second-order valence-corrected chi connectivity index (χ2v) is 9.10. The second kappa shape index (κ2) is 8.56.